The fraction of sp³-hybridized carbons (Fsp3) is 0.333. The lowest BCUT2D eigenvalue weighted by Crippen LogP contribution is -2.02. The Balaban J connectivity index is 3.04. The van der Waals surface area contributed by atoms with Gasteiger partial charge in [-0.2, -0.15) is 5.10 Å². The average Bonchev–Trinajstić information content (AvgIpc) is 2.45. The first-order chi connectivity index (χ1) is 5.69. The number of aromatic nitrogens is 2. The van der Waals surface area contributed by atoms with Gasteiger partial charge in [0, 0.05) is 13.1 Å². The molecule has 0 bridgehead atoms. The van der Waals surface area contributed by atoms with E-state index in [0.717, 1.165) is 0 Å². The molecular formula is C6H7N3O3. The summed E-state index contributed by atoms with van der Waals surface area (Å²) < 4.78 is 5.60. The standard InChI is InChI=1S/C6H7N3O3/c1-9-5(8-11)3-4(7-9)6(10)12-2/h3H,1-2H3. The molecule has 0 saturated heterocycles. The molecule has 1 aromatic rings. The lowest BCUT2D eigenvalue weighted by atomic mass is 10.4. The maximum Gasteiger partial charge on any atom is 0.358 e. The van der Waals surface area contributed by atoms with Gasteiger partial charge in [0.15, 0.2) is 11.5 Å². The fourth-order valence-corrected chi connectivity index (χ4v) is 0.747. The van der Waals surface area contributed by atoms with Crippen LogP contribution in [0.3, 0.4) is 0 Å². The van der Waals surface area contributed by atoms with Crippen LogP contribution in [-0.4, -0.2) is 22.9 Å². The monoisotopic (exact) mass is 169 g/mol. The fourth-order valence-electron chi connectivity index (χ4n) is 0.747. The van der Waals surface area contributed by atoms with Crippen molar-refractivity contribution in [2.45, 2.75) is 0 Å². The number of carbonyl (C=O) groups excluding carboxylic acids is 1. The highest BCUT2D eigenvalue weighted by molar-refractivity contribution is 5.87. The summed E-state index contributed by atoms with van der Waals surface area (Å²) in [5.74, 6) is -0.490. The van der Waals surface area contributed by atoms with Crippen molar-refractivity contribution in [1.82, 2.24) is 9.78 Å². The van der Waals surface area contributed by atoms with Crippen molar-refractivity contribution >= 4 is 11.8 Å². The summed E-state index contributed by atoms with van der Waals surface area (Å²) in [6.07, 6.45) is 0. The van der Waals surface area contributed by atoms with Gasteiger partial charge in [-0.05, 0) is 5.18 Å². The van der Waals surface area contributed by atoms with Gasteiger partial charge in [-0.3, -0.25) is 0 Å². The third-order valence-corrected chi connectivity index (χ3v) is 1.34. The zero-order chi connectivity index (χ0) is 9.14. The lowest BCUT2D eigenvalue weighted by molar-refractivity contribution is 0.0593. The van der Waals surface area contributed by atoms with Crippen LogP contribution in [0.1, 0.15) is 10.5 Å². The van der Waals surface area contributed by atoms with E-state index in [-0.39, 0.29) is 11.5 Å². The van der Waals surface area contributed by atoms with Crippen LogP contribution < -0.4 is 0 Å². The first kappa shape index (κ1) is 8.38. The smallest absolute Gasteiger partial charge is 0.358 e. The maximum absolute atomic E-state index is 10.9. The van der Waals surface area contributed by atoms with Crippen molar-refractivity contribution in [1.29, 1.82) is 0 Å². The Labute approximate surface area is 68.1 Å². The Bertz CT molecular complexity index is 318. The second-order valence-electron chi connectivity index (χ2n) is 2.09. The molecule has 1 rings (SSSR count). The molecule has 0 spiro atoms. The molecule has 64 valence electrons. The van der Waals surface area contributed by atoms with Crippen LogP contribution in [-0.2, 0) is 11.8 Å². The molecule has 1 aromatic heterocycles. The summed E-state index contributed by atoms with van der Waals surface area (Å²) in [6, 6.07) is 1.26. The number of ether oxygens (including phenoxy) is 1. The van der Waals surface area contributed by atoms with Gasteiger partial charge in [0.2, 0.25) is 0 Å². The summed E-state index contributed by atoms with van der Waals surface area (Å²) in [4.78, 5) is 20.9. The number of rotatable bonds is 2. The predicted molar refractivity (Wildman–Crippen MR) is 40.0 cm³/mol. The maximum atomic E-state index is 10.9. The number of aryl methyl sites for hydroxylation is 1. The highest BCUT2D eigenvalue weighted by Crippen LogP contribution is 2.12. The van der Waals surface area contributed by atoms with Crippen molar-refractivity contribution in [2.75, 3.05) is 7.11 Å². The van der Waals surface area contributed by atoms with Crippen molar-refractivity contribution in [3.05, 3.63) is 16.7 Å². The van der Waals surface area contributed by atoms with E-state index >= 15 is 0 Å². The molecule has 0 radical (unpaired) electrons. The Morgan fingerprint density at radius 2 is 2.42 bits per heavy atom. The third-order valence-electron chi connectivity index (χ3n) is 1.34. The van der Waals surface area contributed by atoms with Crippen LogP contribution in [0, 0.1) is 4.91 Å². The molecule has 0 N–H and O–H groups in total. The summed E-state index contributed by atoms with van der Waals surface area (Å²) in [6.45, 7) is 0. The summed E-state index contributed by atoms with van der Waals surface area (Å²) >= 11 is 0. The van der Waals surface area contributed by atoms with E-state index in [9.17, 15) is 9.70 Å². The van der Waals surface area contributed by atoms with Gasteiger partial charge in [0.25, 0.3) is 0 Å². The van der Waals surface area contributed by atoms with E-state index in [1.54, 1.807) is 0 Å². The molecule has 0 fully saturated rings. The van der Waals surface area contributed by atoms with E-state index in [1.807, 2.05) is 0 Å². The van der Waals surface area contributed by atoms with Crippen molar-refractivity contribution in [2.24, 2.45) is 12.2 Å². The van der Waals surface area contributed by atoms with Gasteiger partial charge in [-0.15, -0.1) is 4.91 Å². The topological polar surface area (TPSA) is 73.5 Å². The molecule has 1 heterocycles. The van der Waals surface area contributed by atoms with Gasteiger partial charge >= 0.3 is 5.97 Å². The number of esters is 1. The second kappa shape index (κ2) is 3.12. The molecule has 0 aromatic carbocycles. The Morgan fingerprint density at radius 3 is 2.83 bits per heavy atom. The zero-order valence-corrected chi connectivity index (χ0v) is 6.64. The quantitative estimate of drug-likeness (QED) is 0.480. The molecule has 0 atom stereocenters. The van der Waals surface area contributed by atoms with Crippen LogP contribution in [0.2, 0.25) is 0 Å². The Morgan fingerprint density at radius 1 is 1.75 bits per heavy atom. The van der Waals surface area contributed by atoms with E-state index in [2.05, 4.69) is 15.0 Å². The third kappa shape index (κ3) is 1.31. The molecule has 0 unspecified atom stereocenters. The first-order valence-corrected chi connectivity index (χ1v) is 3.14. The highest BCUT2D eigenvalue weighted by atomic mass is 16.5. The van der Waals surface area contributed by atoms with Crippen LogP contribution in [0.5, 0.6) is 0 Å². The molecule has 0 saturated carbocycles. The SMILES string of the molecule is COC(=O)c1cc(N=O)n(C)n1. The molecule has 6 heteroatoms. The van der Waals surface area contributed by atoms with Gasteiger partial charge in [-0.25, -0.2) is 9.48 Å². The molecular weight excluding hydrogens is 162 g/mol. The number of hydrogen-bond acceptors (Lipinski definition) is 5. The zero-order valence-electron chi connectivity index (χ0n) is 6.64. The van der Waals surface area contributed by atoms with Crippen LogP contribution in [0.25, 0.3) is 0 Å². The van der Waals surface area contributed by atoms with E-state index < -0.39 is 5.97 Å². The number of carbonyl (C=O) groups is 1. The minimum absolute atomic E-state index is 0.0783. The number of nitroso groups, excluding NO2 is 1. The van der Waals surface area contributed by atoms with Crippen molar-refractivity contribution in [3.8, 4) is 0 Å². The summed E-state index contributed by atoms with van der Waals surface area (Å²) in [5, 5.41) is 6.35. The Kier molecular flexibility index (Phi) is 2.18. The summed E-state index contributed by atoms with van der Waals surface area (Å²) in [5.41, 5.74) is 0.0783. The van der Waals surface area contributed by atoms with Crippen LogP contribution >= 0.6 is 0 Å². The number of nitrogens with zero attached hydrogens (tertiary/aromatic N) is 3. The number of hydrogen-bond donors (Lipinski definition) is 0. The van der Waals surface area contributed by atoms with Crippen LogP contribution in [0.15, 0.2) is 11.2 Å². The molecule has 0 aliphatic heterocycles. The molecule has 0 amide bonds. The minimum Gasteiger partial charge on any atom is -0.464 e. The van der Waals surface area contributed by atoms with Crippen molar-refractivity contribution in [3.63, 3.8) is 0 Å². The average molecular weight is 169 g/mol. The lowest BCUT2D eigenvalue weighted by Gasteiger charge is -1.90. The molecule has 0 aliphatic carbocycles. The normalized spacial score (nSPS) is 9.50. The van der Waals surface area contributed by atoms with Crippen LogP contribution in [0.4, 0.5) is 5.82 Å². The number of methoxy groups -OCH3 is 1. The van der Waals surface area contributed by atoms with E-state index in [4.69, 9.17) is 0 Å². The Hall–Kier alpha value is -1.72. The van der Waals surface area contributed by atoms with Gasteiger partial charge in [0.05, 0.1) is 7.11 Å². The van der Waals surface area contributed by atoms with E-state index in [1.165, 1.54) is 24.9 Å². The second-order valence-corrected chi connectivity index (χ2v) is 2.09. The highest BCUT2D eigenvalue weighted by Gasteiger charge is 2.12. The minimum atomic E-state index is -0.583. The summed E-state index contributed by atoms with van der Waals surface area (Å²) in [7, 11) is 2.76. The first-order valence-electron chi connectivity index (χ1n) is 3.14. The van der Waals surface area contributed by atoms with E-state index in [0.29, 0.717) is 0 Å². The largest absolute Gasteiger partial charge is 0.464 e. The molecule has 0 aliphatic rings. The molecule has 6 nitrogen and oxygen atoms in total. The van der Waals surface area contributed by atoms with Crippen molar-refractivity contribution < 1.29 is 9.53 Å². The van der Waals surface area contributed by atoms with Gasteiger partial charge in [0.1, 0.15) is 0 Å². The molecule has 12 heavy (non-hydrogen) atoms. The van der Waals surface area contributed by atoms with Gasteiger partial charge in [-0.1, -0.05) is 0 Å². The van der Waals surface area contributed by atoms with Gasteiger partial charge < -0.3 is 4.74 Å². The predicted octanol–water partition coefficient (Wildman–Crippen LogP) is 0.605.